The Morgan fingerprint density at radius 2 is 1.62 bits per heavy atom. The van der Waals surface area contributed by atoms with Crippen LogP contribution in [0.2, 0.25) is 0 Å². The second-order valence-electron chi connectivity index (χ2n) is 8.56. The Bertz CT molecular complexity index is 1020. The fourth-order valence-corrected chi connectivity index (χ4v) is 4.85. The van der Waals surface area contributed by atoms with E-state index in [2.05, 4.69) is 58.3 Å². The van der Waals surface area contributed by atoms with Gasteiger partial charge in [-0.25, -0.2) is 0 Å². The molecule has 1 amide bonds. The summed E-state index contributed by atoms with van der Waals surface area (Å²) in [7, 11) is 0. The predicted molar refractivity (Wildman–Crippen MR) is 118 cm³/mol. The van der Waals surface area contributed by atoms with E-state index in [-0.39, 0.29) is 5.91 Å². The van der Waals surface area contributed by atoms with Gasteiger partial charge in [-0.2, -0.15) is 0 Å². The van der Waals surface area contributed by atoms with E-state index in [0.717, 1.165) is 44.7 Å². The summed E-state index contributed by atoms with van der Waals surface area (Å²) in [6, 6.07) is 23.5. The third-order valence-corrected chi connectivity index (χ3v) is 6.61. The predicted octanol–water partition coefficient (Wildman–Crippen LogP) is 4.75. The average molecular weight is 385 g/mol. The zero-order valence-electron chi connectivity index (χ0n) is 16.9. The molecule has 3 aromatic rings. The lowest BCUT2D eigenvalue weighted by atomic mass is 9.95. The first kappa shape index (κ1) is 18.4. The second-order valence-corrected chi connectivity index (χ2v) is 8.56. The van der Waals surface area contributed by atoms with Crippen LogP contribution in [0.5, 0.6) is 0 Å². The summed E-state index contributed by atoms with van der Waals surface area (Å²) in [6.45, 7) is 5.11. The normalized spacial score (nSPS) is 17.8. The zero-order valence-corrected chi connectivity index (χ0v) is 16.9. The Hall–Kier alpha value is -2.65. The topological polar surface area (TPSA) is 23.6 Å². The Kier molecular flexibility index (Phi) is 5.07. The highest BCUT2D eigenvalue weighted by atomic mass is 16.2. The van der Waals surface area contributed by atoms with Gasteiger partial charge in [-0.05, 0) is 66.2 Å². The smallest absolute Gasteiger partial charge is 0.254 e. The molecule has 3 aromatic carbocycles. The van der Waals surface area contributed by atoms with Crippen LogP contribution in [0.4, 0.5) is 0 Å². The Balaban J connectivity index is 1.11. The van der Waals surface area contributed by atoms with Gasteiger partial charge >= 0.3 is 0 Å². The van der Waals surface area contributed by atoms with Crippen LogP contribution in [0.25, 0.3) is 10.8 Å². The lowest BCUT2D eigenvalue weighted by Gasteiger charge is -2.33. The standard InChI is InChI=1S/C26H28N2O/c29-26-25-8-4-3-7-24(25)19-28(26)18-21-12-15-27(16-13-21)14-11-20-9-10-22-5-1-2-6-23(22)17-20/h1-10,17,21H,11-16,18-19H2. The average Bonchev–Trinajstić information content (AvgIpc) is 3.08. The molecule has 1 fully saturated rings. The van der Waals surface area contributed by atoms with E-state index < -0.39 is 0 Å². The number of amides is 1. The van der Waals surface area contributed by atoms with Gasteiger partial charge in [0.2, 0.25) is 0 Å². The third kappa shape index (κ3) is 3.92. The van der Waals surface area contributed by atoms with Gasteiger partial charge in [-0.3, -0.25) is 4.79 Å². The first-order valence-electron chi connectivity index (χ1n) is 10.8. The van der Waals surface area contributed by atoms with Crippen molar-refractivity contribution in [1.82, 2.24) is 9.80 Å². The number of likely N-dealkylation sites (tertiary alicyclic amines) is 1. The molecule has 1 saturated heterocycles. The molecular weight excluding hydrogens is 356 g/mol. The first-order chi connectivity index (χ1) is 14.3. The second kappa shape index (κ2) is 8.00. The van der Waals surface area contributed by atoms with Crippen LogP contribution in [0.3, 0.4) is 0 Å². The van der Waals surface area contributed by atoms with Crippen molar-refractivity contribution in [2.75, 3.05) is 26.2 Å². The minimum absolute atomic E-state index is 0.222. The molecule has 0 saturated carbocycles. The van der Waals surface area contributed by atoms with Crippen LogP contribution in [-0.4, -0.2) is 41.9 Å². The summed E-state index contributed by atoms with van der Waals surface area (Å²) in [5, 5.41) is 2.65. The maximum atomic E-state index is 12.6. The number of fused-ring (bicyclic) bond motifs is 2. The molecule has 29 heavy (non-hydrogen) atoms. The van der Waals surface area contributed by atoms with Gasteiger partial charge in [0.1, 0.15) is 0 Å². The highest BCUT2D eigenvalue weighted by Crippen LogP contribution is 2.26. The van der Waals surface area contributed by atoms with Gasteiger partial charge in [0, 0.05) is 25.2 Å². The van der Waals surface area contributed by atoms with Gasteiger partial charge in [-0.15, -0.1) is 0 Å². The Morgan fingerprint density at radius 3 is 2.45 bits per heavy atom. The molecular formula is C26H28N2O. The molecule has 0 aliphatic carbocycles. The molecule has 2 aliphatic heterocycles. The number of carbonyl (C=O) groups is 1. The third-order valence-electron chi connectivity index (χ3n) is 6.61. The lowest BCUT2D eigenvalue weighted by molar-refractivity contribution is 0.0714. The van der Waals surface area contributed by atoms with E-state index in [1.54, 1.807) is 0 Å². The molecule has 0 N–H and O–H groups in total. The van der Waals surface area contributed by atoms with Crippen LogP contribution in [0, 0.1) is 5.92 Å². The first-order valence-corrected chi connectivity index (χ1v) is 10.8. The minimum Gasteiger partial charge on any atom is -0.334 e. The summed E-state index contributed by atoms with van der Waals surface area (Å²) in [4.78, 5) is 17.2. The van der Waals surface area contributed by atoms with Gasteiger partial charge in [-0.1, -0.05) is 60.7 Å². The van der Waals surface area contributed by atoms with E-state index in [4.69, 9.17) is 0 Å². The molecule has 0 aromatic heterocycles. The summed E-state index contributed by atoms with van der Waals surface area (Å²) in [6.07, 6.45) is 3.49. The molecule has 148 valence electrons. The quantitative estimate of drug-likeness (QED) is 0.634. The van der Waals surface area contributed by atoms with Crippen molar-refractivity contribution in [2.45, 2.75) is 25.8 Å². The van der Waals surface area contributed by atoms with E-state index in [0.29, 0.717) is 5.92 Å². The lowest BCUT2D eigenvalue weighted by Crippen LogP contribution is -2.39. The highest BCUT2D eigenvalue weighted by Gasteiger charge is 2.29. The molecule has 0 atom stereocenters. The van der Waals surface area contributed by atoms with Gasteiger partial charge in [0.25, 0.3) is 5.91 Å². The van der Waals surface area contributed by atoms with Crippen molar-refractivity contribution >= 4 is 16.7 Å². The molecule has 0 unspecified atom stereocenters. The van der Waals surface area contributed by atoms with Crippen LogP contribution < -0.4 is 0 Å². The van der Waals surface area contributed by atoms with E-state index in [9.17, 15) is 4.79 Å². The number of benzene rings is 3. The van der Waals surface area contributed by atoms with Crippen molar-refractivity contribution in [1.29, 1.82) is 0 Å². The number of hydrogen-bond donors (Lipinski definition) is 0. The van der Waals surface area contributed by atoms with Crippen LogP contribution in [-0.2, 0) is 13.0 Å². The van der Waals surface area contributed by atoms with Gasteiger partial charge in [0.15, 0.2) is 0 Å². The van der Waals surface area contributed by atoms with Crippen molar-refractivity contribution in [3.05, 3.63) is 83.4 Å². The number of nitrogens with zero attached hydrogens (tertiary/aromatic N) is 2. The van der Waals surface area contributed by atoms with Gasteiger partial charge < -0.3 is 9.80 Å². The summed E-state index contributed by atoms with van der Waals surface area (Å²) >= 11 is 0. The SMILES string of the molecule is O=C1c2ccccc2CN1CC1CCN(CCc2ccc3ccccc3c2)CC1. The molecule has 5 rings (SSSR count). The summed E-state index contributed by atoms with van der Waals surface area (Å²) in [5.74, 6) is 0.851. The van der Waals surface area contributed by atoms with Gasteiger partial charge in [0.05, 0.1) is 0 Å². The molecule has 0 radical (unpaired) electrons. The maximum Gasteiger partial charge on any atom is 0.254 e. The molecule has 3 nitrogen and oxygen atoms in total. The summed E-state index contributed by atoms with van der Waals surface area (Å²) in [5.41, 5.74) is 3.51. The monoisotopic (exact) mass is 384 g/mol. The number of carbonyl (C=O) groups excluding carboxylic acids is 1. The fraction of sp³-hybridized carbons (Fsp3) is 0.346. The molecule has 3 heteroatoms. The Morgan fingerprint density at radius 1 is 0.862 bits per heavy atom. The number of rotatable bonds is 5. The molecule has 0 bridgehead atoms. The Labute approximate surface area is 172 Å². The fourth-order valence-electron chi connectivity index (χ4n) is 4.85. The summed E-state index contributed by atoms with van der Waals surface area (Å²) < 4.78 is 0. The van der Waals surface area contributed by atoms with Crippen molar-refractivity contribution in [3.8, 4) is 0 Å². The minimum atomic E-state index is 0.222. The van der Waals surface area contributed by atoms with Crippen LogP contribution >= 0.6 is 0 Å². The van der Waals surface area contributed by atoms with E-state index in [1.165, 1.54) is 34.7 Å². The number of hydrogen-bond acceptors (Lipinski definition) is 2. The number of piperidine rings is 1. The van der Waals surface area contributed by atoms with E-state index >= 15 is 0 Å². The molecule has 0 spiro atoms. The largest absolute Gasteiger partial charge is 0.334 e. The van der Waals surface area contributed by atoms with Crippen LogP contribution in [0.1, 0.15) is 34.3 Å². The van der Waals surface area contributed by atoms with Crippen molar-refractivity contribution in [3.63, 3.8) is 0 Å². The molecule has 2 heterocycles. The zero-order chi connectivity index (χ0) is 19.6. The van der Waals surface area contributed by atoms with E-state index in [1.807, 2.05) is 18.2 Å². The highest BCUT2D eigenvalue weighted by molar-refractivity contribution is 5.98. The van der Waals surface area contributed by atoms with Crippen molar-refractivity contribution < 1.29 is 4.79 Å². The maximum absolute atomic E-state index is 12.6. The molecule has 2 aliphatic rings. The van der Waals surface area contributed by atoms with Crippen molar-refractivity contribution in [2.24, 2.45) is 5.92 Å². The van der Waals surface area contributed by atoms with Crippen LogP contribution in [0.15, 0.2) is 66.7 Å².